The zero-order valence-electron chi connectivity index (χ0n) is 10.2. The number of hydrogen-bond acceptors (Lipinski definition) is 2. The number of rotatable bonds is 5. The molecule has 1 saturated carbocycles. The minimum atomic E-state index is 0.208. The average molecular weight is 219 g/mol. The maximum Gasteiger partial charge on any atom is 0.0613 e. The second-order valence-corrected chi connectivity index (χ2v) is 4.80. The van der Waals surface area contributed by atoms with Crippen molar-refractivity contribution in [2.24, 2.45) is 0 Å². The van der Waals surface area contributed by atoms with E-state index in [1.54, 1.807) is 7.11 Å². The van der Waals surface area contributed by atoms with E-state index in [-0.39, 0.29) is 5.54 Å². The minimum Gasteiger partial charge on any atom is -0.383 e. The predicted octanol–water partition coefficient (Wildman–Crippen LogP) is 2.69. The molecule has 0 aromatic heterocycles. The van der Waals surface area contributed by atoms with E-state index in [4.69, 9.17) is 4.74 Å². The van der Waals surface area contributed by atoms with Gasteiger partial charge in [-0.1, -0.05) is 30.3 Å². The Hall–Kier alpha value is -0.860. The Morgan fingerprint density at radius 1 is 1.31 bits per heavy atom. The van der Waals surface area contributed by atoms with Crippen LogP contribution in [0.2, 0.25) is 0 Å². The Balaban J connectivity index is 2.08. The van der Waals surface area contributed by atoms with Gasteiger partial charge in [0.25, 0.3) is 0 Å². The highest BCUT2D eigenvalue weighted by Gasteiger charge is 2.38. The molecule has 0 amide bonds. The first-order valence-electron chi connectivity index (χ1n) is 6.09. The molecule has 1 aromatic carbocycles. The number of ether oxygens (including phenoxy) is 1. The van der Waals surface area contributed by atoms with Crippen molar-refractivity contribution in [3.63, 3.8) is 0 Å². The average Bonchev–Trinajstić information content (AvgIpc) is 2.25. The third kappa shape index (κ3) is 2.28. The van der Waals surface area contributed by atoms with Crippen LogP contribution in [0, 0.1) is 0 Å². The van der Waals surface area contributed by atoms with E-state index in [1.807, 2.05) is 0 Å². The molecule has 2 heteroatoms. The van der Waals surface area contributed by atoms with Crippen LogP contribution in [-0.2, 0) is 10.3 Å². The van der Waals surface area contributed by atoms with E-state index < -0.39 is 0 Å². The fourth-order valence-corrected chi connectivity index (χ4v) is 2.57. The monoisotopic (exact) mass is 219 g/mol. The van der Waals surface area contributed by atoms with Gasteiger partial charge in [0, 0.05) is 18.7 Å². The Bertz CT molecular complexity index is 319. The molecule has 2 nitrogen and oxygen atoms in total. The molecule has 1 atom stereocenters. The lowest BCUT2D eigenvalue weighted by Gasteiger charge is -2.45. The van der Waals surface area contributed by atoms with Gasteiger partial charge in [0.15, 0.2) is 0 Å². The van der Waals surface area contributed by atoms with Crippen molar-refractivity contribution in [2.45, 2.75) is 37.8 Å². The quantitative estimate of drug-likeness (QED) is 0.822. The van der Waals surface area contributed by atoms with Crippen LogP contribution in [0.1, 0.15) is 31.7 Å². The molecule has 0 heterocycles. The van der Waals surface area contributed by atoms with Crippen molar-refractivity contribution in [3.05, 3.63) is 35.9 Å². The lowest BCUT2D eigenvalue weighted by Crippen LogP contribution is -2.52. The Labute approximate surface area is 98.0 Å². The summed E-state index contributed by atoms with van der Waals surface area (Å²) in [5, 5.41) is 3.72. The van der Waals surface area contributed by atoms with Crippen LogP contribution in [-0.4, -0.2) is 19.8 Å². The van der Waals surface area contributed by atoms with Crippen molar-refractivity contribution in [1.82, 2.24) is 5.32 Å². The van der Waals surface area contributed by atoms with Crippen LogP contribution < -0.4 is 5.32 Å². The van der Waals surface area contributed by atoms with Crippen molar-refractivity contribution >= 4 is 0 Å². The predicted molar refractivity (Wildman–Crippen MR) is 66.4 cm³/mol. The molecule has 88 valence electrons. The van der Waals surface area contributed by atoms with Gasteiger partial charge in [0.05, 0.1) is 6.61 Å². The highest BCUT2D eigenvalue weighted by molar-refractivity contribution is 5.27. The number of benzene rings is 1. The zero-order valence-corrected chi connectivity index (χ0v) is 10.2. The highest BCUT2D eigenvalue weighted by Crippen LogP contribution is 2.41. The third-order valence-electron chi connectivity index (χ3n) is 3.47. The summed E-state index contributed by atoms with van der Waals surface area (Å²) in [6.45, 7) is 2.96. The van der Waals surface area contributed by atoms with Crippen LogP contribution in [0.3, 0.4) is 0 Å². The maximum absolute atomic E-state index is 5.19. The lowest BCUT2D eigenvalue weighted by atomic mass is 9.71. The van der Waals surface area contributed by atoms with Crippen LogP contribution in [0.15, 0.2) is 30.3 Å². The van der Waals surface area contributed by atoms with Crippen molar-refractivity contribution in [1.29, 1.82) is 0 Å². The highest BCUT2D eigenvalue weighted by atomic mass is 16.5. The SMILES string of the molecule is COCC(C)NC1(c2ccccc2)CCC1. The van der Waals surface area contributed by atoms with Crippen molar-refractivity contribution in [3.8, 4) is 0 Å². The first-order chi connectivity index (χ1) is 7.77. The van der Waals surface area contributed by atoms with E-state index in [0.29, 0.717) is 6.04 Å². The van der Waals surface area contributed by atoms with E-state index in [1.165, 1.54) is 24.8 Å². The molecule has 0 saturated heterocycles. The van der Waals surface area contributed by atoms with Crippen LogP contribution >= 0.6 is 0 Å². The maximum atomic E-state index is 5.19. The molecule has 1 aromatic rings. The lowest BCUT2D eigenvalue weighted by molar-refractivity contribution is 0.114. The van der Waals surface area contributed by atoms with Gasteiger partial charge in [-0.05, 0) is 31.7 Å². The molecular formula is C14H21NO. The number of hydrogen-bond donors (Lipinski definition) is 1. The van der Waals surface area contributed by atoms with E-state index in [2.05, 4.69) is 42.6 Å². The van der Waals surface area contributed by atoms with E-state index in [0.717, 1.165) is 6.61 Å². The zero-order chi connectivity index (χ0) is 11.4. The van der Waals surface area contributed by atoms with Crippen molar-refractivity contribution in [2.75, 3.05) is 13.7 Å². The van der Waals surface area contributed by atoms with Gasteiger partial charge in [-0.25, -0.2) is 0 Å². The van der Waals surface area contributed by atoms with Gasteiger partial charge in [0.1, 0.15) is 0 Å². The molecule has 1 aliphatic rings. The van der Waals surface area contributed by atoms with Gasteiger partial charge in [-0.3, -0.25) is 0 Å². The summed E-state index contributed by atoms with van der Waals surface area (Å²) in [6, 6.07) is 11.2. The summed E-state index contributed by atoms with van der Waals surface area (Å²) in [5.74, 6) is 0. The van der Waals surface area contributed by atoms with E-state index in [9.17, 15) is 0 Å². The van der Waals surface area contributed by atoms with Gasteiger partial charge in [-0.2, -0.15) is 0 Å². The summed E-state index contributed by atoms with van der Waals surface area (Å²) >= 11 is 0. The summed E-state index contributed by atoms with van der Waals surface area (Å²) in [4.78, 5) is 0. The summed E-state index contributed by atoms with van der Waals surface area (Å²) in [6.07, 6.45) is 3.80. The van der Waals surface area contributed by atoms with E-state index >= 15 is 0 Å². The number of nitrogens with one attached hydrogen (secondary N) is 1. The molecule has 0 radical (unpaired) electrons. The Morgan fingerprint density at radius 3 is 2.50 bits per heavy atom. The molecule has 1 aliphatic carbocycles. The van der Waals surface area contributed by atoms with Gasteiger partial charge in [-0.15, -0.1) is 0 Å². The fourth-order valence-electron chi connectivity index (χ4n) is 2.57. The molecule has 1 unspecified atom stereocenters. The van der Waals surface area contributed by atoms with Crippen LogP contribution in [0.5, 0.6) is 0 Å². The summed E-state index contributed by atoms with van der Waals surface area (Å²) < 4.78 is 5.19. The molecule has 16 heavy (non-hydrogen) atoms. The minimum absolute atomic E-state index is 0.208. The summed E-state index contributed by atoms with van der Waals surface area (Å²) in [7, 11) is 1.76. The molecule has 0 spiro atoms. The number of methoxy groups -OCH3 is 1. The first-order valence-corrected chi connectivity index (χ1v) is 6.09. The first kappa shape index (κ1) is 11.6. The smallest absolute Gasteiger partial charge is 0.0613 e. The summed E-state index contributed by atoms with van der Waals surface area (Å²) in [5.41, 5.74) is 1.63. The van der Waals surface area contributed by atoms with Crippen LogP contribution in [0.4, 0.5) is 0 Å². The molecule has 0 bridgehead atoms. The van der Waals surface area contributed by atoms with Gasteiger partial charge < -0.3 is 10.1 Å². The molecule has 1 fully saturated rings. The van der Waals surface area contributed by atoms with Gasteiger partial charge in [0.2, 0.25) is 0 Å². The molecule has 2 rings (SSSR count). The Kier molecular flexibility index (Phi) is 3.62. The largest absolute Gasteiger partial charge is 0.383 e. The van der Waals surface area contributed by atoms with Gasteiger partial charge >= 0.3 is 0 Å². The molecule has 0 aliphatic heterocycles. The second-order valence-electron chi connectivity index (χ2n) is 4.80. The normalized spacial score (nSPS) is 20.1. The molecular weight excluding hydrogens is 198 g/mol. The topological polar surface area (TPSA) is 21.3 Å². The second kappa shape index (κ2) is 4.98. The standard InChI is InChI=1S/C14H21NO/c1-12(11-16-2)15-14(9-6-10-14)13-7-4-3-5-8-13/h3-5,7-8,12,15H,6,9-11H2,1-2H3. The molecule has 1 N–H and O–H groups in total. The Morgan fingerprint density at radius 2 is 2.00 bits per heavy atom. The van der Waals surface area contributed by atoms with Crippen LogP contribution in [0.25, 0.3) is 0 Å². The third-order valence-corrected chi connectivity index (χ3v) is 3.47. The van der Waals surface area contributed by atoms with Crippen molar-refractivity contribution < 1.29 is 4.74 Å². The fraction of sp³-hybridized carbons (Fsp3) is 0.571.